The Kier molecular flexibility index (Phi) is 6.22. The number of anilines is 1. The first-order valence-corrected chi connectivity index (χ1v) is 10.4. The quantitative estimate of drug-likeness (QED) is 0.536. The minimum atomic E-state index is -0.369. The third-order valence-electron chi connectivity index (χ3n) is 5.14. The highest BCUT2D eigenvalue weighted by molar-refractivity contribution is 6.36. The van der Waals surface area contributed by atoms with Crippen molar-refractivity contribution in [3.63, 3.8) is 0 Å². The van der Waals surface area contributed by atoms with Crippen molar-refractivity contribution in [1.29, 1.82) is 0 Å². The van der Waals surface area contributed by atoms with Gasteiger partial charge in [-0.1, -0.05) is 48.5 Å². The van der Waals surface area contributed by atoms with Gasteiger partial charge in [-0.2, -0.15) is 0 Å². The maximum Gasteiger partial charge on any atom is 0.278 e. The third kappa shape index (κ3) is 4.34. The van der Waals surface area contributed by atoms with Crippen LogP contribution < -0.4 is 14.8 Å². The van der Waals surface area contributed by atoms with Crippen LogP contribution in [0.25, 0.3) is 5.57 Å². The van der Waals surface area contributed by atoms with Crippen molar-refractivity contribution in [3.8, 4) is 11.5 Å². The third-order valence-corrected chi connectivity index (χ3v) is 5.14. The van der Waals surface area contributed by atoms with Crippen LogP contribution in [-0.4, -0.2) is 30.4 Å². The number of rotatable bonds is 8. The SMILES string of the molecule is CCOc1cccc(NC2=C(c3ccccc3)C(=O)N(Cc3ccc(OC)cc3)C2=O)c1. The number of nitrogens with zero attached hydrogens (tertiary/aromatic N) is 1. The number of ether oxygens (including phenoxy) is 2. The number of carbonyl (C=O) groups excluding carboxylic acids is 2. The monoisotopic (exact) mass is 428 g/mol. The second-order valence-electron chi connectivity index (χ2n) is 7.25. The molecule has 1 aliphatic heterocycles. The maximum absolute atomic E-state index is 13.4. The van der Waals surface area contributed by atoms with Crippen LogP contribution in [0.2, 0.25) is 0 Å². The Morgan fingerprint density at radius 1 is 0.844 bits per heavy atom. The molecule has 32 heavy (non-hydrogen) atoms. The highest BCUT2D eigenvalue weighted by Crippen LogP contribution is 2.32. The highest BCUT2D eigenvalue weighted by Gasteiger charge is 2.39. The van der Waals surface area contributed by atoms with Gasteiger partial charge >= 0.3 is 0 Å². The number of carbonyl (C=O) groups is 2. The van der Waals surface area contributed by atoms with Gasteiger partial charge < -0.3 is 14.8 Å². The van der Waals surface area contributed by atoms with E-state index in [-0.39, 0.29) is 24.1 Å². The first kappa shape index (κ1) is 21.2. The molecule has 3 aromatic carbocycles. The van der Waals surface area contributed by atoms with Crippen molar-refractivity contribution < 1.29 is 19.1 Å². The van der Waals surface area contributed by atoms with E-state index in [0.29, 0.717) is 34.9 Å². The van der Waals surface area contributed by atoms with Crippen molar-refractivity contribution >= 4 is 23.1 Å². The molecule has 4 rings (SSSR count). The van der Waals surface area contributed by atoms with E-state index in [4.69, 9.17) is 9.47 Å². The van der Waals surface area contributed by atoms with E-state index in [2.05, 4.69) is 5.32 Å². The minimum absolute atomic E-state index is 0.169. The van der Waals surface area contributed by atoms with Gasteiger partial charge in [-0.3, -0.25) is 14.5 Å². The van der Waals surface area contributed by atoms with E-state index < -0.39 is 0 Å². The number of benzene rings is 3. The van der Waals surface area contributed by atoms with E-state index in [1.807, 2.05) is 85.8 Å². The van der Waals surface area contributed by atoms with Crippen molar-refractivity contribution in [2.24, 2.45) is 0 Å². The molecule has 1 aliphatic rings. The van der Waals surface area contributed by atoms with Gasteiger partial charge in [-0.15, -0.1) is 0 Å². The molecule has 6 heteroatoms. The van der Waals surface area contributed by atoms with Gasteiger partial charge in [0.05, 0.1) is 25.8 Å². The minimum Gasteiger partial charge on any atom is -0.497 e. The van der Waals surface area contributed by atoms with Crippen LogP contribution in [-0.2, 0) is 16.1 Å². The van der Waals surface area contributed by atoms with Crippen molar-refractivity contribution in [2.75, 3.05) is 19.0 Å². The molecule has 0 atom stereocenters. The van der Waals surface area contributed by atoms with E-state index in [1.54, 1.807) is 7.11 Å². The molecule has 1 heterocycles. The number of imide groups is 1. The van der Waals surface area contributed by atoms with Crippen LogP contribution >= 0.6 is 0 Å². The predicted octanol–water partition coefficient (Wildman–Crippen LogP) is 4.49. The second kappa shape index (κ2) is 9.39. The Balaban J connectivity index is 1.68. The number of methoxy groups -OCH3 is 1. The number of amides is 2. The Morgan fingerprint density at radius 3 is 2.28 bits per heavy atom. The molecule has 0 fully saturated rings. The van der Waals surface area contributed by atoms with E-state index in [1.165, 1.54) is 4.90 Å². The molecular weight excluding hydrogens is 404 g/mol. The standard InChI is InChI=1S/C26H24N2O4/c1-3-32-22-11-7-10-20(16-22)27-24-23(19-8-5-4-6-9-19)25(29)28(26(24)30)17-18-12-14-21(31-2)15-13-18/h4-16,27H,3,17H2,1-2H3. The van der Waals surface area contributed by atoms with E-state index in [0.717, 1.165) is 5.56 Å². The van der Waals surface area contributed by atoms with Crippen LogP contribution in [0.5, 0.6) is 11.5 Å². The fourth-order valence-corrected chi connectivity index (χ4v) is 3.60. The van der Waals surface area contributed by atoms with Gasteiger partial charge in [0.25, 0.3) is 11.8 Å². The maximum atomic E-state index is 13.4. The number of hydrogen-bond acceptors (Lipinski definition) is 5. The van der Waals surface area contributed by atoms with E-state index in [9.17, 15) is 9.59 Å². The summed E-state index contributed by atoms with van der Waals surface area (Å²) in [5, 5.41) is 3.17. The topological polar surface area (TPSA) is 67.9 Å². The van der Waals surface area contributed by atoms with Gasteiger partial charge in [0, 0.05) is 11.8 Å². The zero-order valence-electron chi connectivity index (χ0n) is 18.0. The molecule has 0 saturated carbocycles. The Morgan fingerprint density at radius 2 is 1.59 bits per heavy atom. The smallest absolute Gasteiger partial charge is 0.278 e. The summed E-state index contributed by atoms with van der Waals surface area (Å²) in [6.07, 6.45) is 0. The normalized spacial score (nSPS) is 13.5. The van der Waals surface area contributed by atoms with Gasteiger partial charge in [0.2, 0.25) is 0 Å². The fraction of sp³-hybridized carbons (Fsp3) is 0.154. The molecule has 0 radical (unpaired) electrons. The van der Waals surface area contributed by atoms with Crippen LogP contribution in [0, 0.1) is 0 Å². The molecule has 0 saturated heterocycles. The lowest BCUT2D eigenvalue weighted by molar-refractivity contribution is -0.137. The zero-order chi connectivity index (χ0) is 22.5. The summed E-state index contributed by atoms with van der Waals surface area (Å²) in [6, 6.07) is 23.9. The van der Waals surface area contributed by atoms with Gasteiger partial charge in [-0.05, 0) is 42.3 Å². The van der Waals surface area contributed by atoms with Crippen LogP contribution in [0.4, 0.5) is 5.69 Å². The summed E-state index contributed by atoms with van der Waals surface area (Å²) in [5.41, 5.74) is 2.80. The molecule has 1 N–H and O–H groups in total. The van der Waals surface area contributed by atoms with Crippen molar-refractivity contribution in [2.45, 2.75) is 13.5 Å². The Bertz CT molecular complexity index is 1150. The zero-order valence-corrected chi connectivity index (χ0v) is 18.0. The summed E-state index contributed by atoms with van der Waals surface area (Å²) in [4.78, 5) is 28.0. The molecular formula is C26H24N2O4. The fourth-order valence-electron chi connectivity index (χ4n) is 3.60. The Labute approximate surface area is 187 Å². The van der Waals surface area contributed by atoms with Crippen LogP contribution in [0.3, 0.4) is 0 Å². The summed E-state index contributed by atoms with van der Waals surface area (Å²) < 4.78 is 10.8. The van der Waals surface area contributed by atoms with Crippen molar-refractivity contribution in [1.82, 2.24) is 4.90 Å². The summed E-state index contributed by atoms with van der Waals surface area (Å²) >= 11 is 0. The van der Waals surface area contributed by atoms with Crippen molar-refractivity contribution in [3.05, 3.63) is 95.7 Å². The summed E-state index contributed by atoms with van der Waals surface area (Å²) in [5.74, 6) is 0.700. The van der Waals surface area contributed by atoms with Gasteiger partial charge in [0.15, 0.2) is 0 Å². The lowest BCUT2D eigenvalue weighted by Crippen LogP contribution is -2.32. The molecule has 0 unspecified atom stereocenters. The Hall–Kier alpha value is -4.06. The molecule has 2 amide bonds. The number of nitrogens with one attached hydrogen (secondary N) is 1. The molecule has 0 bridgehead atoms. The molecule has 3 aromatic rings. The molecule has 0 aromatic heterocycles. The summed E-state index contributed by atoms with van der Waals surface area (Å²) in [6.45, 7) is 2.61. The van der Waals surface area contributed by atoms with Gasteiger partial charge in [-0.25, -0.2) is 0 Å². The molecule has 0 aliphatic carbocycles. The van der Waals surface area contributed by atoms with Gasteiger partial charge in [0.1, 0.15) is 17.2 Å². The first-order chi connectivity index (χ1) is 15.6. The lowest BCUT2D eigenvalue weighted by atomic mass is 10.0. The first-order valence-electron chi connectivity index (χ1n) is 10.4. The lowest BCUT2D eigenvalue weighted by Gasteiger charge is -2.16. The average molecular weight is 428 g/mol. The van der Waals surface area contributed by atoms with Crippen LogP contribution in [0.15, 0.2) is 84.6 Å². The molecule has 0 spiro atoms. The van der Waals surface area contributed by atoms with Crippen LogP contribution in [0.1, 0.15) is 18.1 Å². The number of hydrogen-bond donors (Lipinski definition) is 1. The molecule has 6 nitrogen and oxygen atoms in total. The summed E-state index contributed by atoms with van der Waals surface area (Å²) in [7, 11) is 1.59. The van der Waals surface area contributed by atoms with E-state index >= 15 is 0 Å². The average Bonchev–Trinajstić information content (AvgIpc) is 3.05. The molecule has 162 valence electrons. The second-order valence-corrected chi connectivity index (χ2v) is 7.25. The predicted molar refractivity (Wildman–Crippen MR) is 123 cm³/mol. The highest BCUT2D eigenvalue weighted by atomic mass is 16.5. The largest absolute Gasteiger partial charge is 0.497 e.